The van der Waals surface area contributed by atoms with Crippen LogP contribution in [0, 0.1) is 0 Å². The number of carboxylic acids is 1. The van der Waals surface area contributed by atoms with Crippen LogP contribution in [-0.4, -0.2) is 25.8 Å². The molecule has 0 amide bonds. The van der Waals surface area contributed by atoms with E-state index in [0.29, 0.717) is 6.42 Å². The number of hydrogen-bond acceptors (Lipinski definition) is 3. The Morgan fingerprint density at radius 2 is 2.00 bits per heavy atom. The van der Waals surface area contributed by atoms with Gasteiger partial charge in [-0.25, -0.2) is 0 Å². The minimum absolute atomic E-state index is 0.146. The normalized spacial score (nSPS) is 10.9. The van der Waals surface area contributed by atoms with Gasteiger partial charge in [0.1, 0.15) is 11.2 Å². The number of rotatable bonds is 4. The van der Waals surface area contributed by atoms with Gasteiger partial charge < -0.3 is 5.11 Å². The molecule has 0 bridgehead atoms. The van der Waals surface area contributed by atoms with Gasteiger partial charge in [-0.3, -0.25) is 14.5 Å². The molecule has 0 aliphatic rings. The molecule has 3 aromatic rings. The molecule has 0 aliphatic carbocycles. The second kappa shape index (κ2) is 5.36. The summed E-state index contributed by atoms with van der Waals surface area (Å²) >= 11 is 0. The molecule has 0 fully saturated rings. The van der Waals surface area contributed by atoms with Crippen molar-refractivity contribution in [2.24, 2.45) is 7.05 Å². The third kappa shape index (κ3) is 2.63. The van der Waals surface area contributed by atoms with Crippen LogP contribution < -0.4 is 0 Å². The van der Waals surface area contributed by atoms with Crippen molar-refractivity contribution in [3.8, 4) is 11.3 Å². The molecule has 0 aliphatic heterocycles. The lowest BCUT2D eigenvalue weighted by molar-refractivity contribution is -0.136. The van der Waals surface area contributed by atoms with E-state index in [-0.39, 0.29) is 6.42 Å². The van der Waals surface area contributed by atoms with Gasteiger partial charge in [-0.1, -0.05) is 24.3 Å². The number of aromatic nitrogens is 3. The predicted octanol–water partition coefficient (Wildman–Crippen LogP) is 2.65. The van der Waals surface area contributed by atoms with Crippen LogP contribution in [0.1, 0.15) is 12.0 Å². The number of pyridine rings is 1. The van der Waals surface area contributed by atoms with Gasteiger partial charge in [0.2, 0.25) is 0 Å². The Balaban J connectivity index is 1.94. The van der Waals surface area contributed by atoms with Crippen LogP contribution in [0.25, 0.3) is 22.3 Å². The molecule has 2 heterocycles. The SMILES string of the molecule is Cn1nc(-c2ccc(CCC(=O)O)cc2)c2ncccc21. The second-order valence-corrected chi connectivity index (χ2v) is 4.93. The highest BCUT2D eigenvalue weighted by molar-refractivity contribution is 5.89. The summed E-state index contributed by atoms with van der Waals surface area (Å²) in [6, 6.07) is 11.7. The van der Waals surface area contributed by atoms with Gasteiger partial charge in [0.15, 0.2) is 0 Å². The highest BCUT2D eigenvalue weighted by atomic mass is 16.4. The summed E-state index contributed by atoms with van der Waals surface area (Å²) in [6.45, 7) is 0. The molecule has 1 N–H and O–H groups in total. The van der Waals surface area contributed by atoms with Gasteiger partial charge in [0.05, 0.1) is 5.52 Å². The van der Waals surface area contributed by atoms with E-state index < -0.39 is 5.97 Å². The van der Waals surface area contributed by atoms with Crippen molar-refractivity contribution in [2.75, 3.05) is 0 Å². The molecule has 3 rings (SSSR count). The van der Waals surface area contributed by atoms with E-state index in [2.05, 4.69) is 10.1 Å². The molecule has 0 spiro atoms. The number of carbonyl (C=O) groups is 1. The van der Waals surface area contributed by atoms with Crippen molar-refractivity contribution in [1.82, 2.24) is 14.8 Å². The topological polar surface area (TPSA) is 68.0 Å². The third-order valence-electron chi connectivity index (χ3n) is 3.46. The monoisotopic (exact) mass is 281 g/mol. The number of nitrogens with zero attached hydrogens (tertiary/aromatic N) is 3. The van der Waals surface area contributed by atoms with Crippen LogP contribution in [0.2, 0.25) is 0 Å². The van der Waals surface area contributed by atoms with Crippen molar-refractivity contribution in [3.05, 3.63) is 48.2 Å². The van der Waals surface area contributed by atoms with Gasteiger partial charge in [0, 0.05) is 25.2 Å². The lowest BCUT2D eigenvalue weighted by Gasteiger charge is -2.01. The standard InChI is InChI=1S/C16H15N3O2/c1-19-13-3-2-10-17-16(13)15(18-19)12-7-4-11(5-8-12)6-9-14(20)21/h2-5,7-8,10H,6,9H2,1H3,(H,20,21). The van der Waals surface area contributed by atoms with E-state index in [1.54, 1.807) is 6.20 Å². The number of carboxylic acid groups (broad SMARTS) is 1. The first kappa shape index (κ1) is 13.3. The Bertz CT molecular complexity index is 791. The quantitative estimate of drug-likeness (QED) is 0.798. The van der Waals surface area contributed by atoms with Crippen LogP contribution in [0.15, 0.2) is 42.6 Å². The van der Waals surface area contributed by atoms with E-state index in [9.17, 15) is 4.79 Å². The third-order valence-corrected chi connectivity index (χ3v) is 3.46. The number of fused-ring (bicyclic) bond motifs is 1. The first-order chi connectivity index (χ1) is 10.1. The Hall–Kier alpha value is -2.69. The zero-order valence-corrected chi connectivity index (χ0v) is 11.7. The van der Waals surface area contributed by atoms with E-state index in [4.69, 9.17) is 5.11 Å². The highest BCUT2D eigenvalue weighted by Crippen LogP contribution is 2.26. The maximum absolute atomic E-state index is 10.6. The molecule has 2 aromatic heterocycles. The molecule has 5 nitrogen and oxygen atoms in total. The number of aryl methyl sites for hydroxylation is 2. The Morgan fingerprint density at radius 3 is 2.71 bits per heavy atom. The van der Waals surface area contributed by atoms with Gasteiger partial charge in [-0.05, 0) is 24.1 Å². The van der Waals surface area contributed by atoms with Gasteiger partial charge >= 0.3 is 5.97 Å². The fraction of sp³-hybridized carbons (Fsp3) is 0.188. The molecular weight excluding hydrogens is 266 g/mol. The van der Waals surface area contributed by atoms with E-state index in [1.807, 2.05) is 48.1 Å². The summed E-state index contributed by atoms with van der Waals surface area (Å²) in [5, 5.41) is 13.2. The lowest BCUT2D eigenvalue weighted by atomic mass is 10.1. The summed E-state index contributed by atoms with van der Waals surface area (Å²) in [6.07, 6.45) is 2.44. The molecule has 0 atom stereocenters. The largest absolute Gasteiger partial charge is 0.481 e. The van der Waals surface area contributed by atoms with Crippen LogP contribution in [0.3, 0.4) is 0 Å². The molecular formula is C16H15N3O2. The molecule has 21 heavy (non-hydrogen) atoms. The maximum atomic E-state index is 10.6. The van der Waals surface area contributed by atoms with Crippen molar-refractivity contribution in [3.63, 3.8) is 0 Å². The lowest BCUT2D eigenvalue weighted by Crippen LogP contribution is -1.97. The minimum Gasteiger partial charge on any atom is -0.481 e. The average molecular weight is 281 g/mol. The van der Waals surface area contributed by atoms with Gasteiger partial charge in [-0.2, -0.15) is 5.10 Å². The molecule has 5 heteroatoms. The Morgan fingerprint density at radius 1 is 1.24 bits per heavy atom. The maximum Gasteiger partial charge on any atom is 0.303 e. The highest BCUT2D eigenvalue weighted by Gasteiger charge is 2.11. The molecule has 106 valence electrons. The van der Waals surface area contributed by atoms with E-state index in [1.165, 1.54) is 0 Å². The fourth-order valence-corrected chi connectivity index (χ4v) is 2.37. The van der Waals surface area contributed by atoms with Crippen molar-refractivity contribution in [1.29, 1.82) is 0 Å². The van der Waals surface area contributed by atoms with Crippen LogP contribution in [0.4, 0.5) is 0 Å². The zero-order chi connectivity index (χ0) is 14.8. The first-order valence-electron chi connectivity index (χ1n) is 6.74. The summed E-state index contributed by atoms with van der Waals surface area (Å²) in [5.74, 6) is -0.779. The smallest absolute Gasteiger partial charge is 0.303 e. The second-order valence-electron chi connectivity index (χ2n) is 4.93. The van der Waals surface area contributed by atoms with Crippen LogP contribution >= 0.6 is 0 Å². The Kier molecular flexibility index (Phi) is 3.39. The molecule has 1 aromatic carbocycles. The fourth-order valence-electron chi connectivity index (χ4n) is 2.37. The number of aliphatic carboxylic acids is 1. The molecule has 0 radical (unpaired) electrons. The van der Waals surface area contributed by atoms with Crippen molar-refractivity contribution >= 4 is 17.0 Å². The molecule has 0 unspecified atom stereocenters. The minimum atomic E-state index is -0.779. The average Bonchev–Trinajstić information content (AvgIpc) is 2.83. The van der Waals surface area contributed by atoms with Crippen molar-refractivity contribution in [2.45, 2.75) is 12.8 Å². The van der Waals surface area contributed by atoms with Crippen molar-refractivity contribution < 1.29 is 9.90 Å². The van der Waals surface area contributed by atoms with E-state index >= 15 is 0 Å². The zero-order valence-electron chi connectivity index (χ0n) is 11.7. The summed E-state index contributed by atoms with van der Waals surface area (Å²) in [4.78, 5) is 15.0. The molecule has 0 saturated heterocycles. The predicted molar refractivity (Wildman–Crippen MR) is 79.9 cm³/mol. The molecule has 0 saturated carbocycles. The summed E-state index contributed by atoms with van der Waals surface area (Å²) in [7, 11) is 1.90. The van der Waals surface area contributed by atoms with Gasteiger partial charge in [0.25, 0.3) is 0 Å². The first-order valence-corrected chi connectivity index (χ1v) is 6.74. The van der Waals surface area contributed by atoms with Gasteiger partial charge in [-0.15, -0.1) is 0 Å². The number of benzene rings is 1. The van der Waals surface area contributed by atoms with Crippen LogP contribution in [0.5, 0.6) is 0 Å². The summed E-state index contributed by atoms with van der Waals surface area (Å²) < 4.78 is 1.82. The number of hydrogen-bond donors (Lipinski definition) is 1. The summed E-state index contributed by atoms with van der Waals surface area (Å²) in [5.41, 5.74) is 4.70. The van der Waals surface area contributed by atoms with Crippen LogP contribution in [-0.2, 0) is 18.3 Å². The van der Waals surface area contributed by atoms with E-state index in [0.717, 1.165) is 27.9 Å². The Labute approximate surface area is 121 Å².